The number of ether oxygens (including phenoxy) is 1. The minimum Gasteiger partial charge on any atom is -0.380 e. The summed E-state index contributed by atoms with van der Waals surface area (Å²) < 4.78 is 5.45. The van der Waals surface area contributed by atoms with Crippen LogP contribution in [-0.2, 0) is 4.74 Å². The first-order valence-corrected chi connectivity index (χ1v) is 7.37. The molecule has 0 saturated carbocycles. The number of hydrogen-bond donors (Lipinski definition) is 1. The summed E-state index contributed by atoms with van der Waals surface area (Å²) in [5.74, 6) is 0. The van der Waals surface area contributed by atoms with Gasteiger partial charge < -0.3 is 10.1 Å². The number of hydrogen-bond acceptors (Lipinski definition) is 3. The summed E-state index contributed by atoms with van der Waals surface area (Å²) in [6.45, 7) is 6.57. The smallest absolute Gasteiger partial charge is 0.0710 e. The molecule has 1 heterocycles. The van der Waals surface area contributed by atoms with E-state index < -0.39 is 0 Å². The van der Waals surface area contributed by atoms with Crippen LogP contribution >= 0.6 is 0 Å². The molecule has 0 amide bonds. The predicted molar refractivity (Wildman–Crippen MR) is 79.3 cm³/mol. The molecule has 1 aromatic rings. The molecule has 1 fully saturated rings. The first-order chi connectivity index (χ1) is 9.33. The highest BCUT2D eigenvalue weighted by Crippen LogP contribution is 2.18. The minimum atomic E-state index is 0.419. The number of methoxy groups -OCH3 is 1. The van der Waals surface area contributed by atoms with Crippen molar-refractivity contribution >= 4 is 0 Å². The molecule has 1 aliphatic rings. The van der Waals surface area contributed by atoms with Gasteiger partial charge in [-0.05, 0) is 24.9 Å². The maximum Gasteiger partial charge on any atom is 0.0710 e. The van der Waals surface area contributed by atoms with Gasteiger partial charge in [-0.25, -0.2) is 0 Å². The van der Waals surface area contributed by atoms with E-state index in [0.717, 1.165) is 32.6 Å². The van der Waals surface area contributed by atoms with Crippen LogP contribution in [0.15, 0.2) is 30.3 Å². The van der Waals surface area contributed by atoms with Gasteiger partial charge >= 0.3 is 0 Å². The highest BCUT2D eigenvalue weighted by molar-refractivity contribution is 5.19. The quantitative estimate of drug-likeness (QED) is 0.817. The van der Waals surface area contributed by atoms with Crippen molar-refractivity contribution in [1.82, 2.24) is 10.2 Å². The van der Waals surface area contributed by atoms with E-state index in [1.54, 1.807) is 0 Å². The van der Waals surface area contributed by atoms with Crippen LogP contribution in [0.1, 0.15) is 31.4 Å². The average molecular weight is 262 g/mol. The van der Waals surface area contributed by atoms with Crippen molar-refractivity contribution in [3.63, 3.8) is 0 Å². The third kappa shape index (κ3) is 4.30. The Morgan fingerprint density at radius 2 is 2.16 bits per heavy atom. The van der Waals surface area contributed by atoms with E-state index in [0.29, 0.717) is 12.1 Å². The lowest BCUT2D eigenvalue weighted by molar-refractivity contribution is 0.106. The molecule has 1 N–H and O–H groups in total. The highest BCUT2D eigenvalue weighted by atomic mass is 16.5. The fourth-order valence-electron chi connectivity index (χ4n) is 2.71. The maximum absolute atomic E-state index is 5.45. The van der Waals surface area contributed by atoms with E-state index in [4.69, 9.17) is 4.74 Å². The summed E-state index contributed by atoms with van der Waals surface area (Å²) in [6, 6.07) is 11.2. The number of likely N-dealkylation sites (tertiary alicyclic amines) is 1. The first-order valence-electron chi connectivity index (χ1n) is 7.37. The lowest BCUT2D eigenvalue weighted by Crippen LogP contribution is -2.35. The molecule has 106 valence electrons. The molecule has 2 rings (SSSR count). The molecule has 2 atom stereocenters. The third-order valence-corrected chi connectivity index (χ3v) is 3.85. The van der Waals surface area contributed by atoms with E-state index >= 15 is 0 Å². The number of nitrogens with zero attached hydrogens (tertiary/aromatic N) is 1. The summed E-state index contributed by atoms with van der Waals surface area (Å²) >= 11 is 0. The zero-order valence-electron chi connectivity index (χ0n) is 12.1. The van der Waals surface area contributed by atoms with Crippen LogP contribution in [0.5, 0.6) is 0 Å². The van der Waals surface area contributed by atoms with E-state index in [2.05, 4.69) is 47.5 Å². The summed E-state index contributed by atoms with van der Waals surface area (Å²) in [4.78, 5) is 2.51. The first kappa shape index (κ1) is 14.5. The van der Waals surface area contributed by atoms with E-state index in [1.807, 2.05) is 7.11 Å². The summed E-state index contributed by atoms with van der Waals surface area (Å²) in [7, 11) is 1.82. The molecular formula is C16H26N2O. The van der Waals surface area contributed by atoms with E-state index in [9.17, 15) is 0 Å². The molecule has 19 heavy (non-hydrogen) atoms. The molecule has 0 aromatic heterocycles. The number of benzene rings is 1. The largest absolute Gasteiger partial charge is 0.380 e. The average Bonchev–Trinajstić information content (AvgIpc) is 2.92. The molecule has 1 aliphatic heterocycles. The van der Waals surface area contributed by atoms with Gasteiger partial charge in [-0.2, -0.15) is 0 Å². The molecule has 1 saturated heterocycles. The van der Waals surface area contributed by atoms with Gasteiger partial charge in [-0.3, -0.25) is 4.90 Å². The molecular weight excluding hydrogens is 236 g/mol. The lowest BCUT2D eigenvalue weighted by atomic mass is 10.1. The van der Waals surface area contributed by atoms with Crippen molar-refractivity contribution < 1.29 is 4.74 Å². The van der Waals surface area contributed by atoms with Gasteiger partial charge in [-0.15, -0.1) is 0 Å². The molecule has 3 heteroatoms. The zero-order valence-corrected chi connectivity index (χ0v) is 12.1. The van der Waals surface area contributed by atoms with Crippen molar-refractivity contribution in [2.24, 2.45) is 0 Å². The van der Waals surface area contributed by atoms with Gasteiger partial charge in [0, 0.05) is 32.8 Å². The standard InChI is InChI=1S/C16H26N2O/c1-3-10-17-16(14-7-5-4-6-8-14)13-18-11-9-15(12-18)19-2/h4-8,15-17H,3,9-13H2,1-2H3. The SMILES string of the molecule is CCCNC(CN1CCC(OC)C1)c1ccccc1. The van der Waals surface area contributed by atoms with Gasteiger partial charge in [0.1, 0.15) is 0 Å². The van der Waals surface area contributed by atoms with Gasteiger partial charge in [-0.1, -0.05) is 37.3 Å². The summed E-state index contributed by atoms with van der Waals surface area (Å²) in [6.07, 6.45) is 2.75. The lowest BCUT2D eigenvalue weighted by Gasteiger charge is -2.25. The maximum atomic E-state index is 5.45. The van der Waals surface area contributed by atoms with Crippen LogP contribution in [0.25, 0.3) is 0 Å². The molecule has 3 nitrogen and oxygen atoms in total. The summed E-state index contributed by atoms with van der Waals surface area (Å²) in [5.41, 5.74) is 1.39. The second-order valence-electron chi connectivity index (χ2n) is 5.32. The van der Waals surface area contributed by atoms with Gasteiger partial charge in [0.15, 0.2) is 0 Å². The van der Waals surface area contributed by atoms with Crippen LogP contribution in [0.2, 0.25) is 0 Å². The second kappa shape index (κ2) is 7.63. The van der Waals surface area contributed by atoms with Gasteiger partial charge in [0.25, 0.3) is 0 Å². The van der Waals surface area contributed by atoms with Crippen molar-refractivity contribution in [2.75, 3.05) is 33.3 Å². The molecule has 2 unspecified atom stereocenters. The van der Waals surface area contributed by atoms with Crippen LogP contribution in [0.4, 0.5) is 0 Å². The Hall–Kier alpha value is -0.900. The second-order valence-corrected chi connectivity index (χ2v) is 5.32. The molecule has 0 radical (unpaired) electrons. The fraction of sp³-hybridized carbons (Fsp3) is 0.625. The Labute approximate surface area is 116 Å². The number of nitrogens with one attached hydrogen (secondary N) is 1. The van der Waals surface area contributed by atoms with E-state index in [1.165, 1.54) is 12.0 Å². The Morgan fingerprint density at radius 1 is 1.37 bits per heavy atom. The Balaban J connectivity index is 1.94. The van der Waals surface area contributed by atoms with Crippen LogP contribution in [0.3, 0.4) is 0 Å². The zero-order chi connectivity index (χ0) is 13.5. The normalized spacial score (nSPS) is 21.7. The Morgan fingerprint density at radius 3 is 2.79 bits per heavy atom. The van der Waals surface area contributed by atoms with Crippen LogP contribution in [-0.4, -0.2) is 44.3 Å². The van der Waals surface area contributed by atoms with Crippen molar-refractivity contribution in [2.45, 2.75) is 31.9 Å². The third-order valence-electron chi connectivity index (χ3n) is 3.85. The van der Waals surface area contributed by atoms with Crippen LogP contribution in [0, 0.1) is 0 Å². The van der Waals surface area contributed by atoms with E-state index in [-0.39, 0.29) is 0 Å². The monoisotopic (exact) mass is 262 g/mol. The number of rotatable bonds is 7. The van der Waals surface area contributed by atoms with Crippen molar-refractivity contribution in [3.8, 4) is 0 Å². The molecule has 0 spiro atoms. The van der Waals surface area contributed by atoms with Crippen LogP contribution < -0.4 is 5.32 Å². The topological polar surface area (TPSA) is 24.5 Å². The van der Waals surface area contributed by atoms with Crippen molar-refractivity contribution in [3.05, 3.63) is 35.9 Å². The van der Waals surface area contributed by atoms with Gasteiger partial charge in [0.2, 0.25) is 0 Å². The Bertz CT molecular complexity index is 355. The molecule has 0 aliphatic carbocycles. The Kier molecular flexibility index (Phi) is 5.83. The summed E-state index contributed by atoms with van der Waals surface area (Å²) in [5, 5.41) is 3.66. The molecule has 0 bridgehead atoms. The highest BCUT2D eigenvalue weighted by Gasteiger charge is 2.24. The van der Waals surface area contributed by atoms with Crippen molar-refractivity contribution in [1.29, 1.82) is 0 Å². The van der Waals surface area contributed by atoms with Gasteiger partial charge in [0.05, 0.1) is 6.10 Å². The predicted octanol–water partition coefficient (Wildman–Crippen LogP) is 2.45. The fourth-order valence-corrected chi connectivity index (χ4v) is 2.71. The minimum absolute atomic E-state index is 0.419. The molecule has 1 aromatic carbocycles.